The number of carbonyl (C=O) groups excluding carboxylic acids is 1. The lowest BCUT2D eigenvalue weighted by Gasteiger charge is -2.13. The van der Waals surface area contributed by atoms with Crippen LogP contribution in [0.2, 0.25) is 0 Å². The minimum Gasteiger partial charge on any atom is -0.331 e. The van der Waals surface area contributed by atoms with E-state index in [1.165, 1.54) is 30.4 Å². The van der Waals surface area contributed by atoms with E-state index in [1.54, 1.807) is 24.5 Å². The Kier molecular flexibility index (Phi) is 6.15. The molecule has 0 unspecified atom stereocenters. The van der Waals surface area contributed by atoms with Gasteiger partial charge >= 0.3 is 6.18 Å². The van der Waals surface area contributed by atoms with Crippen molar-refractivity contribution in [2.24, 2.45) is 0 Å². The number of nitrogens with one attached hydrogen (secondary N) is 2. The maximum Gasteiger partial charge on any atom is 0.416 e. The molecule has 0 aliphatic carbocycles. The number of hydrogen-bond acceptors (Lipinski definition) is 5. The standard InChI is InChI=1S/C24H19F3N4OS/c1-14-5-7-16(10-19(14)24(25,26)27)22(32)29-18-8-6-15(2)20(11-18)30-23-31-21(13-33-23)17-4-3-9-28-12-17/h3-13H,1-2H3,(H,29,32)(H,30,31). The number of amides is 1. The lowest BCUT2D eigenvalue weighted by molar-refractivity contribution is -0.138. The van der Waals surface area contributed by atoms with Gasteiger partial charge in [0.1, 0.15) is 0 Å². The van der Waals surface area contributed by atoms with E-state index in [2.05, 4.69) is 20.6 Å². The molecule has 33 heavy (non-hydrogen) atoms. The highest BCUT2D eigenvalue weighted by atomic mass is 32.1. The van der Waals surface area contributed by atoms with E-state index in [0.717, 1.165) is 28.6 Å². The van der Waals surface area contributed by atoms with Gasteiger partial charge in [0.2, 0.25) is 0 Å². The van der Waals surface area contributed by atoms with Crippen LogP contribution in [0, 0.1) is 13.8 Å². The third-order valence-corrected chi connectivity index (χ3v) is 5.76. The number of anilines is 3. The Hall–Kier alpha value is -3.72. The molecule has 0 saturated carbocycles. The van der Waals surface area contributed by atoms with Crippen molar-refractivity contribution in [3.8, 4) is 11.3 Å². The molecular formula is C24H19F3N4OS. The minimum absolute atomic E-state index is 0.0648. The van der Waals surface area contributed by atoms with Crippen molar-refractivity contribution in [3.63, 3.8) is 0 Å². The number of thiazole rings is 1. The first kappa shape index (κ1) is 22.5. The minimum atomic E-state index is -4.52. The maximum absolute atomic E-state index is 13.2. The first-order chi connectivity index (χ1) is 15.7. The van der Waals surface area contributed by atoms with E-state index in [-0.39, 0.29) is 11.1 Å². The molecule has 0 bridgehead atoms. The van der Waals surface area contributed by atoms with Crippen molar-refractivity contribution >= 4 is 33.8 Å². The van der Waals surface area contributed by atoms with Crippen molar-refractivity contribution in [2.75, 3.05) is 10.6 Å². The molecule has 2 heterocycles. The summed E-state index contributed by atoms with van der Waals surface area (Å²) in [4.78, 5) is 21.3. The van der Waals surface area contributed by atoms with E-state index in [1.807, 2.05) is 30.5 Å². The molecule has 0 aliphatic heterocycles. The molecule has 9 heteroatoms. The highest BCUT2D eigenvalue weighted by Gasteiger charge is 2.33. The van der Waals surface area contributed by atoms with Crippen molar-refractivity contribution in [1.29, 1.82) is 0 Å². The van der Waals surface area contributed by atoms with Crippen molar-refractivity contribution in [1.82, 2.24) is 9.97 Å². The highest BCUT2D eigenvalue weighted by Crippen LogP contribution is 2.33. The predicted molar refractivity (Wildman–Crippen MR) is 124 cm³/mol. The van der Waals surface area contributed by atoms with Gasteiger partial charge in [-0.15, -0.1) is 11.3 Å². The van der Waals surface area contributed by atoms with Crippen molar-refractivity contribution < 1.29 is 18.0 Å². The fourth-order valence-corrected chi connectivity index (χ4v) is 3.93. The van der Waals surface area contributed by atoms with E-state index in [0.29, 0.717) is 10.8 Å². The van der Waals surface area contributed by atoms with Gasteiger partial charge in [-0.25, -0.2) is 4.98 Å². The molecule has 2 aromatic heterocycles. The van der Waals surface area contributed by atoms with E-state index < -0.39 is 17.6 Å². The second-order valence-electron chi connectivity index (χ2n) is 7.42. The van der Waals surface area contributed by atoms with E-state index in [9.17, 15) is 18.0 Å². The second kappa shape index (κ2) is 9.03. The molecule has 0 aliphatic rings. The number of aryl methyl sites for hydroxylation is 2. The number of nitrogens with zero attached hydrogens (tertiary/aromatic N) is 2. The molecule has 2 aromatic carbocycles. The van der Waals surface area contributed by atoms with Crippen LogP contribution in [0.15, 0.2) is 66.3 Å². The average Bonchev–Trinajstić information content (AvgIpc) is 3.25. The maximum atomic E-state index is 13.2. The van der Waals surface area contributed by atoms with Gasteiger partial charge in [-0.2, -0.15) is 13.2 Å². The lowest BCUT2D eigenvalue weighted by atomic mass is 10.0. The van der Waals surface area contributed by atoms with Crippen LogP contribution in [0.1, 0.15) is 27.0 Å². The highest BCUT2D eigenvalue weighted by molar-refractivity contribution is 7.14. The molecule has 0 saturated heterocycles. The Labute approximate surface area is 192 Å². The topological polar surface area (TPSA) is 66.9 Å². The van der Waals surface area contributed by atoms with Gasteiger partial charge in [0.15, 0.2) is 5.13 Å². The Morgan fingerprint density at radius 2 is 1.82 bits per heavy atom. The monoisotopic (exact) mass is 468 g/mol. The summed E-state index contributed by atoms with van der Waals surface area (Å²) in [7, 11) is 0. The van der Waals surface area contributed by atoms with Crippen LogP contribution in [0.25, 0.3) is 11.3 Å². The van der Waals surface area contributed by atoms with Gasteiger partial charge in [-0.05, 0) is 61.4 Å². The quantitative estimate of drug-likeness (QED) is 0.337. The summed E-state index contributed by atoms with van der Waals surface area (Å²) in [6, 6.07) is 12.5. The Morgan fingerprint density at radius 1 is 1.03 bits per heavy atom. The first-order valence-electron chi connectivity index (χ1n) is 9.93. The summed E-state index contributed by atoms with van der Waals surface area (Å²) >= 11 is 1.43. The number of pyridine rings is 1. The molecule has 168 valence electrons. The average molecular weight is 469 g/mol. The number of rotatable bonds is 5. The van der Waals surface area contributed by atoms with Crippen LogP contribution in [0.4, 0.5) is 29.7 Å². The summed E-state index contributed by atoms with van der Waals surface area (Å²) in [5.74, 6) is -0.622. The van der Waals surface area contributed by atoms with E-state index in [4.69, 9.17) is 0 Å². The van der Waals surface area contributed by atoms with Crippen LogP contribution in [0.5, 0.6) is 0 Å². The zero-order chi connectivity index (χ0) is 23.6. The fourth-order valence-electron chi connectivity index (χ4n) is 3.20. The smallest absolute Gasteiger partial charge is 0.331 e. The lowest BCUT2D eigenvalue weighted by Crippen LogP contribution is -2.15. The van der Waals surface area contributed by atoms with Crippen LogP contribution >= 0.6 is 11.3 Å². The predicted octanol–water partition coefficient (Wildman–Crippen LogP) is 6.84. The van der Waals surface area contributed by atoms with Crippen LogP contribution in [-0.4, -0.2) is 15.9 Å². The van der Waals surface area contributed by atoms with Crippen LogP contribution < -0.4 is 10.6 Å². The molecule has 0 radical (unpaired) electrons. The summed E-state index contributed by atoms with van der Waals surface area (Å²) in [5, 5.41) is 8.48. The number of alkyl halides is 3. The largest absolute Gasteiger partial charge is 0.416 e. The zero-order valence-electron chi connectivity index (χ0n) is 17.7. The number of benzene rings is 2. The molecule has 2 N–H and O–H groups in total. The third kappa shape index (κ3) is 5.20. The van der Waals surface area contributed by atoms with Gasteiger partial charge in [0.25, 0.3) is 5.91 Å². The summed E-state index contributed by atoms with van der Waals surface area (Å²) < 4.78 is 39.6. The number of halogens is 3. The number of carbonyl (C=O) groups is 1. The molecule has 5 nitrogen and oxygen atoms in total. The molecule has 0 spiro atoms. The fraction of sp³-hybridized carbons (Fsp3) is 0.125. The second-order valence-corrected chi connectivity index (χ2v) is 8.27. The molecule has 4 aromatic rings. The molecule has 0 atom stereocenters. The van der Waals surface area contributed by atoms with Crippen molar-refractivity contribution in [3.05, 3.63) is 88.6 Å². The normalized spacial score (nSPS) is 11.3. The van der Waals surface area contributed by atoms with Gasteiger partial charge in [-0.3, -0.25) is 9.78 Å². The van der Waals surface area contributed by atoms with Gasteiger partial charge in [0.05, 0.1) is 11.3 Å². The molecule has 0 fully saturated rings. The zero-order valence-corrected chi connectivity index (χ0v) is 18.5. The molecular weight excluding hydrogens is 449 g/mol. The number of hydrogen-bond donors (Lipinski definition) is 2. The summed E-state index contributed by atoms with van der Waals surface area (Å²) in [6.45, 7) is 3.26. The Morgan fingerprint density at radius 3 is 2.55 bits per heavy atom. The number of aromatic nitrogens is 2. The van der Waals surface area contributed by atoms with Gasteiger partial charge in [-0.1, -0.05) is 12.1 Å². The third-order valence-electron chi connectivity index (χ3n) is 5.00. The van der Waals surface area contributed by atoms with Gasteiger partial charge < -0.3 is 10.6 Å². The molecule has 4 rings (SSSR count). The van der Waals surface area contributed by atoms with Crippen molar-refractivity contribution in [2.45, 2.75) is 20.0 Å². The Bertz CT molecular complexity index is 1300. The molecule has 1 amide bonds. The van der Waals surface area contributed by atoms with Gasteiger partial charge in [0, 0.05) is 40.3 Å². The summed E-state index contributed by atoms with van der Waals surface area (Å²) in [5.41, 5.74) is 2.95. The Balaban J connectivity index is 1.52. The summed E-state index contributed by atoms with van der Waals surface area (Å²) in [6.07, 6.45) is -1.10. The van der Waals surface area contributed by atoms with Crippen LogP contribution in [-0.2, 0) is 6.18 Å². The SMILES string of the molecule is Cc1ccc(NC(=O)c2ccc(C)c(C(F)(F)F)c2)cc1Nc1nc(-c2cccnc2)cs1. The van der Waals surface area contributed by atoms with E-state index >= 15 is 0 Å². The van der Waals surface area contributed by atoms with Crippen LogP contribution in [0.3, 0.4) is 0 Å². The first-order valence-corrected chi connectivity index (χ1v) is 10.8.